The first kappa shape index (κ1) is 21.1. The highest BCUT2D eigenvalue weighted by Crippen LogP contribution is 2.40. The lowest BCUT2D eigenvalue weighted by Crippen LogP contribution is -2.29. The monoisotopic (exact) mass is 424 g/mol. The summed E-state index contributed by atoms with van der Waals surface area (Å²) in [6, 6.07) is 11.9. The van der Waals surface area contributed by atoms with E-state index in [0.29, 0.717) is 0 Å². The summed E-state index contributed by atoms with van der Waals surface area (Å²) in [6.07, 6.45) is 9.15. The van der Waals surface area contributed by atoms with E-state index in [2.05, 4.69) is 73.7 Å². The lowest BCUT2D eigenvalue weighted by molar-refractivity contribution is 0.638. The molecular weight excluding hydrogens is 388 g/mol. The third kappa shape index (κ3) is 3.60. The third-order valence-corrected chi connectivity index (χ3v) is 7.48. The largest absolute Gasteiger partial charge is 0.340 e. The number of nitrogens with zero attached hydrogens (tertiary/aromatic N) is 2. The molecule has 2 nitrogen and oxygen atoms in total. The van der Waals surface area contributed by atoms with E-state index < -0.39 is 0 Å². The molecule has 0 atom stereocenters. The highest BCUT2D eigenvalue weighted by molar-refractivity contribution is 5.90. The number of anilines is 1. The molecule has 2 heteroatoms. The molecule has 1 aliphatic carbocycles. The number of rotatable bonds is 7. The molecule has 0 radical (unpaired) electrons. The van der Waals surface area contributed by atoms with Crippen LogP contribution in [0.5, 0.6) is 0 Å². The Morgan fingerprint density at radius 2 is 1.81 bits per heavy atom. The molecule has 2 aliphatic rings. The van der Waals surface area contributed by atoms with Crippen LogP contribution in [0.3, 0.4) is 0 Å². The van der Waals surface area contributed by atoms with Crippen LogP contribution in [0.2, 0.25) is 0 Å². The molecule has 1 aliphatic heterocycles. The van der Waals surface area contributed by atoms with Crippen molar-refractivity contribution in [2.75, 3.05) is 11.4 Å². The second-order valence-electron chi connectivity index (χ2n) is 9.72. The lowest BCUT2D eigenvalue weighted by atomic mass is 9.94. The zero-order valence-corrected chi connectivity index (χ0v) is 20.0. The molecule has 1 saturated carbocycles. The number of benzene rings is 2. The molecule has 0 bridgehead atoms. The van der Waals surface area contributed by atoms with Gasteiger partial charge in [0.15, 0.2) is 0 Å². The summed E-state index contributed by atoms with van der Waals surface area (Å²) in [6.45, 7) is 17.6. The number of aromatic nitrogens is 1. The molecule has 5 rings (SSSR count). The fourth-order valence-corrected chi connectivity index (χ4v) is 5.58. The van der Waals surface area contributed by atoms with E-state index in [-0.39, 0.29) is 0 Å². The average molecular weight is 425 g/mol. The molecule has 2 heterocycles. The van der Waals surface area contributed by atoms with Gasteiger partial charge in [-0.2, -0.15) is 0 Å². The van der Waals surface area contributed by atoms with E-state index in [1.165, 1.54) is 62.9 Å². The van der Waals surface area contributed by atoms with Gasteiger partial charge in [-0.25, -0.2) is 0 Å². The summed E-state index contributed by atoms with van der Waals surface area (Å²) in [5.74, 6) is 0.818. The molecule has 0 unspecified atom stereocenters. The summed E-state index contributed by atoms with van der Waals surface area (Å²) in [5.41, 5.74) is 12.1. The minimum Gasteiger partial charge on any atom is -0.340 e. The van der Waals surface area contributed by atoms with Crippen molar-refractivity contribution in [2.24, 2.45) is 5.92 Å². The van der Waals surface area contributed by atoms with Crippen molar-refractivity contribution in [3.05, 3.63) is 77.0 Å². The van der Waals surface area contributed by atoms with E-state index >= 15 is 0 Å². The van der Waals surface area contributed by atoms with Crippen molar-refractivity contribution >= 4 is 28.4 Å². The molecular formula is C30H36N2. The highest BCUT2D eigenvalue weighted by atomic mass is 15.2. The molecule has 0 amide bonds. The fraction of sp³-hybridized carbons (Fsp3) is 0.400. The Morgan fingerprint density at radius 1 is 1.06 bits per heavy atom. The van der Waals surface area contributed by atoms with Crippen LogP contribution in [-0.4, -0.2) is 11.1 Å². The summed E-state index contributed by atoms with van der Waals surface area (Å²) in [4.78, 5) is 2.49. The molecule has 0 saturated heterocycles. The Labute approximate surface area is 193 Å². The smallest absolute Gasteiger partial charge is 0.0652 e. The SMILES string of the molecule is C=Cc1cc(C)c2c(c1)CCCN2C(=C)c1cc2cc(CC)c(CC)cc2n1CC1CC1. The molecule has 0 N–H and O–H groups in total. The fourth-order valence-electron chi connectivity index (χ4n) is 5.58. The number of hydrogen-bond acceptors (Lipinski definition) is 1. The first-order valence-corrected chi connectivity index (χ1v) is 12.4. The normalized spacial score (nSPS) is 15.8. The molecule has 166 valence electrons. The quantitative estimate of drug-likeness (QED) is 0.380. The van der Waals surface area contributed by atoms with E-state index in [9.17, 15) is 0 Å². The predicted octanol–water partition coefficient (Wildman–Crippen LogP) is 7.55. The van der Waals surface area contributed by atoms with Gasteiger partial charge in [-0.05, 0) is 110 Å². The summed E-state index contributed by atoms with van der Waals surface area (Å²) >= 11 is 0. The maximum Gasteiger partial charge on any atom is 0.0652 e. The van der Waals surface area contributed by atoms with Crippen molar-refractivity contribution in [3.8, 4) is 0 Å². The third-order valence-electron chi connectivity index (χ3n) is 7.48. The molecule has 0 spiro atoms. The summed E-state index contributed by atoms with van der Waals surface area (Å²) in [7, 11) is 0. The minimum atomic E-state index is 0.818. The van der Waals surface area contributed by atoms with Gasteiger partial charge in [-0.15, -0.1) is 0 Å². The van der Waals surface area contributed by atoms with Crippen LogP contribution in [0, 0.1) is 12.8 Å². The van der Waals surface area contributed by atoms with Gasteiger partial charge in [0.2, 0.25) is 0 Å². The van der Waals surface area contributed by atoms with Gasteiger partial charge < -0.3 is 9.47 Å². The van der Waals surface area contributed by atoms with Crippen LogP contribution >= 0.6 is 0 Å². The van der Waals surface area contributed by atoms with Crippen molar-refractivity contribution in [1.29, 1.82) is 0 Å². The van der Waals surface area contributed by atoms with Crippen LogP contribution in [0.25, 0.3) is 22.7 Å². The van der Waals surface area contributed by atoms with Gasteiger partial charge in [-0.1, -0.05) is 33.1 Å². The zero-order valence-electron chi connectivity index (χ0n) is 20.0. The molecule has 2 aromatic carbocycles. The Hall–Kier alpha value is -2.74. The van der Waals surface area contributed by atoms with Crippen molar-refractivity contribution in [2.45, 2.75) is 65.8 Å². The summed E-state index contributed by atoms with van der Waals surface area (Å²) < 4.78 is 2.58. The van der Waals surface area contributed by atoms with Gasteiger partial charge >= 0.3 is 0 Å². The minimum absolute atomic E-state index is 0.818. The number of fused-ring (bicyclic) bond motifs is 2. The topological polar surface area (TPSA) is 8.17 Å². The zero-order chi connectivity index (χ0) is 22.4. The molecule has 1 fully saturated rings. The van der Waals surface area contributed by atoms with Crippen molar-refractivity contribution in [1.82, 2.24) is 4.57 Å². The van der Waals surface area contributed by atoms with Crippen molar-refractivity contribution < 1.29 is 0 Å². The second-order valence-corrected chi connectivity index (χ2v) is 9.72. The Morgan fingerprint density at radius 3 is 2.50 bits per heavy atom. The highest BCUT2D eigenvalue weighted by Gasteiger charge is 2.28. The second kappa shape index (κ2) is 8.31. The first-order chi connectivity index (χ1) is 15.5. The van der Waals surface area contributed by atoms with E-state index in [0.717, 1.165) is 50.4 Å². The van der Waals surface area contributed by atoms with E-state index in [1.54, 1.807) is 0 Å². The lowest BCUT2D eigenvalue weighted by Gasteiger charge is -2.35. The van der Waals surface area contributed by atoms with Crippen LogP contribution in [0.15, 0.2) is 43.5 Å². The molecule has 1 aromatic heterocycles. The number of aryl methyl sites for hydroxylation is 4. The standard InChI is InChI=1S/C30H36N2/c1-6-22-14-20(4)30-26(15-22)10-9-13-31(30)21(5)28-18-27-16-24(7-2)25(8-3)17-29(27)32(28)19-23-11-12-23/h6,14-18,23H,1,5,7-13,19H2,2-4H3. The van der Waals surface area contributed by atoms with Gasteiger partial charge in [0.05, 0.1) is 11.4 Å². The van der Waals surface area contributed by atoms with Crippen molar-refractivity contribution in [3.63, 3.8) is 0 Å². The predicted molar refractivity (Wildman–Crippen MR) is 139 cm³/mol. The van der Waals surface area contributed by atoms with E-state index in [1.807, 2.05) is 6.08 Å². The van der Waals surface area contributed by atoms with Gasteiger partial charge in [0.25, 0.3) is 0 Å². The number of hydrogen-bond donors (Lipinski definition) is 0. The summed E-state index contributed by atoms with van der Waals surface area (Å²) in [5, 5.41) is 1.37. The van der Waals surface area contributed by atoms with Crippen LogP contribution < -0.4 is 4.90 Å². The van der Waals surface area contributed by atoms with Crippen LogP contribution in [-0.2, 0) is 25.8 Å². The van der Waals surface area contributed by atoms with Crippen LogP contribution in [0.4, 0.5) is 5.69 Å². The maximum atomic E-state index is 4.68. The Balaban J connectivity index is 1.63. The van der Waals surface area contributed by atoms with Crippen LogP contribution in [0.1, 0.15) is 66.6 Å². The molecule has 32 heavy (non-hydrogen) atoms. The molecule has 3 aromatic rings. The average Bonchev–Trinajstić information content (AvgIpc) is 3.57. The van der Waals surface area contributed by atoms with E-state index in [4.69, 9.17) is 0 Å². The Kier molecular flexibility index (Phi) is 5.49. The Bertz CT molecular complexity index is 1210. The van der Waals surface area contributed by atoms with Gasteiger partial charge in [0, 0.05) is 29.7 Å². The maximum absolute atomic E-state index is 4.68. The van der Waals surface area contributed by atoms with Gasteiger partial charge in [-0.3, -0.25) is 0 Å². The first-order valence-electron chi connectivity index (χ1n) is 12.4. The van der Waals surface area contributed by atoms with Gasteiger partial charge in [0.1, 0.15) is 0 Å².